The third-order valence-electron chi connectivity index (χ3n) is 4.97. The Morgan fingerprint density at radius 2 is 2.00 bits per heavy atom. The molecule has 158 valence electrons. The molecule has 0 N–H and O–H groups in total. The normalized spacial score (nSPS) is 10.9. The van der Waals surface area contributed by atoms with Crippen molar-refractivity contribution in [3.63, 3.8) is 0 Å². The average Bonchev–Trinajstić information content (AvgIpc) is 3.20. The van der Waals surface area contributed by atoms with Crippen molar-refractivity contribution in [2.45, 2.75) is 33.8 Å². The third-order valence-corrected chi connectivity index (χ3v) is 5.84. The van der Waals surface area contributed by atoms with E-state index in [4.69, 9.17) is 9.15 Å². The minimum absolute atomic E-state index is 0.0948. The summed E-state index contributed by atoms with van der Waals surface area (Å²) in [5.41, 5.74) is 3.60. The van der Waals surface area contributed by atoms with Crippen LogP contribution in [-0.4, -0.2) is 10.9 Å². The Labute approximate surface area is 183 Å². The van der Waals surface area contributed by atoms with E-state index in [1.807, 2.05) is 48.7 Å². The van der Waals surface area contributed by atoms with Gasteiger partial charge in [-0.2, -0.15) is 0 Å². The summed E-state index contributed by atoms with van der Waals surface area (Å²) in [5.74, 6) is 0.484. The van der Waals surface area contributed by atoms with Crippen molar-refractivity contribution in [1.29, 1.82) is 0 Å². The number of anilines is 2. The van der Waals surface area contributed by atoms with E-state index in [-0.39, 0.29) is 18.1 Å². The Bertz CT molecular complexity index is 1310. The summed E-state index contributed by atoms with van der Waals surface area (Å²) in [6.45, 7) is 5.70. The molecule has 31 heavy (non-hydrogen) atoms. The number of rotatable bonds is 6. The molecule has 6 nitrogen and oxygen atoms in total. The van der Waals surface area contributed by atoms with Gasteiger partial charge in [0.25, 0.3) is 0 Å². The number of thiazole rings is 1. The van der Waals surface area contributed by atoms with Gasteiger partial charge in [-0.05, 0) is 42.7 Å². The molecule has 0 radical (unpaired) electrons. The minimum Gasteiger partial charge on any atom is -0.487 e. The SMILES string of the molecule is CCc1ccccc1N(C(C)=O)c1nc(COc2ccc3c(C)cc(=O)oc3c2)cs1. The Kier molecular flexibility index (Phi) is 5.86. The molecule has 0 fully saturated rings. The van der Waals surface area contributed by atoms with E-state index < -0.39 is 0 Å². The predicted molar refractivity (Wildman–Crippen MR) is 122 cm³/mol. The molecule has 0 atom stereocenters. The number of carbonyl (C=O) groups is 1. The number of benzene rings is 2. The molecule has 0 aliphatic carbocycles. The molecule has 0 saturated heterocycles. The van der Waals surface area contributed by atoms with Crippen molar-refractivity contribution in [3.05, 3.63) is 81.2 Å². The first kappa shape index (κ1) is 20.8. The number of aromatic nitrogens is 1. The molecule has 2 heterocycles. The Morgan fingerprint density at radius 1 is 1.19 bits per heavy atom. The molecule has 2 aromatic heterocycles. The van der Waals surface area contributed by atoms with Gasteiger partial charge in [-0.25, -0.2) is 9.78 Å². The van der Waals surface area contributed by atoms with E-state index in [0.717, 1.165) is 28.6 Å². The zero-order valence-corrected chi connectivity index (χ0v) is 18.4. The van der Waals surface area contributed by atoms with E-state index >= 15 is 0 Å². The number of fused-ring (bicyclic) bond motifs is 1. The Morgan fingerprint density at radius 3 is 2.77 bits per heavy atom. The zero-order chi connectivity index (χ0) is 22.0. The highest BCUT2D eigenvalue weighted by atomic mass is 32.1. The molecule has 0 aliphatic heterocycles. The number of hydrogen-bond donors (Lipinski definition) is 0. The van der Waals surface area contributed by atoms with Gasteiger partial charge in [0.1, 0.15) is 17.9 Å². The topological polar surface area (TPSA) is 72.6 Å². The van der Waals surface area contributed by atoms with Crippen LogP contribution in [0.15, 0.2) is 63.1 Å². The second kappa shape index (κ2) is 8.73. The van der Waals surface area contributed by atoms with E-state index in [2.05, 4.69) is 11.9 Å². The smallest absolute Gasteiger partial charge is 0.336 e. The molecule has 0 bridgehead atoms. The van der Waals surface area contributed by atoms with Crippen molar-refractivity contribution in [2.24, 2.45) is 0 Å². The first-order valence-corrected chi connectivity index (χ1v) is 10.8. The van der Waals surface area contributed by atoms with Crippen LogP contribution in [0.2, 0.25) is 0 Å². The quantitative estimate of drug-likeness (QED) is 0.381. The van der Waals surface area contributed by atoms with Crippen molar-refractivity contribution in [2.75, 3.05) is 4.90 Å². The molecule has 0 saturated carbocycles. The molecule has 1 amide bonds. The standard InChI is InChI=1S/C24H22N2O4S/c1-4-17-7-5-6-8-21(17)26(16(3)27)24-25-18(14-31-24)13-29-19-9-10-20-15(2)11-23(28)30-22(20)12-19/h5-12,14H,4,13H2,1-3H3. The van der Waals surface area contributed by atoms with Gasteiger partial charge in [-0.15, -0.1) is 11.3 Å². The lowest BCUT2D eigenvalue weighted by atomic mass is 10.1. The first-order valence-electron chi connectivity index (χ1n) is 9.96. The number of hydrogen-bond acceptors (Lipinski definition) is 6. The monoisotopic (exact) mass is 434 g/mol. The maximum atomic E-state index is 12.4. The van der Waals surface area contributed by atoms with Crippen LogP contribution < -0.4 is 15.3 Å². The summed E-state index contributed by atoms with van der Waals surface area (Å²) in [5, 5.41) is 3.35. The lowest BCUT2D eigenvalue weighted by molar-refractivity contribution is -0.115. The zero-order valence-electron chi connectivity index (χ0n) is 17.5. The highest BCUT2D eigenvalue weighted by molar-refractivity contribution is 7.14. The largest absolute Gasteiger partial charge is 0.487 e. The van der Waals surface area contributed by atoms with E-state index in [0.29, 0.717) is 22.2 Å². The number of carbonyl (C=O) groups excluding carboxylic acids is 1. The maximum absolute atomic E-state index is 12.4. The molecular weight excluding hydrogens is 412 g/mol. The van der Waals surface area contributed by atoms with Gasteiger partial charge < -0.3 is 9.15 Å². The average molecular weight is 435 g/mol. The summed E-state index contributed by atoms with van der Waals surface area (Å²) in [6.07, 6.45) is 0.818. The lowest BCUT2D eigenvalue weighted by Crippen LogP contribution is -2.23. The Hall–Kier alpha value is -3.45. The molecule has 0 aliphatic rings. The molecule has 4 rings (SSSR count). The second-order valence-electron chi connectivity index (χ2n) is 7.15. The number of nitrogens with zero attached hydrogens (tertiary/aromatic N) is 2. The van der Waals surface area contributed by atoms with Crippen LogP contribution in [0.4, 0.5) is 10.8 Å². The van der Waals surface area contributed by atoms with Crippen LogP contribution in [-0.2, 0) is 17.8 Å². The van der Waals surface area contributed by atoms with Crippen molar-refractivity contribution in [3.8, 4) is 5.75 Å². The summed E-state index contributed by atoms with van der Waals surface area (Å²) in [4.78, 5) is 30.3. The van der Waals surface area contributed by atoms with Crippen molar-refractivity contribution >= 4 is 39.0 Å². The van der Waals surface area contributed by atoms with Gasteiger partial charge in [0.2, 0.25) is 5.91 Å². The number of para-hydroxylation sites is 1. The minimum atomic E-state index is -0.386. The molecule has 2 aromatic carbocycles. The highest BCUT2D eigenvalue weighted by Crippen LogP contribution is 2.32. The van der Waals surface area contributed by atoms with Crippen LogP contribution in [0.3, 0.4) is 0 Å². The first-order chi connectivity index (χ1) is 15.0. The van der Waals surface area contributed by atoms with Crippen LogP contribution in [0.25, 0.3) is 11.0 Å². The fraction of sp³-hybridized carbons (Fsp3) is 0.208. The summed E-state index contributed by atoms with van der Waals surface area (Å²) in [6, 6.07) is 14.7. The fourth-order valence-electron chi connectivity index (χ4n) is 3.45. The summed E-state index contributed by atoms with van der Waals surface area (Å²) >= 11 is 1.40. The molecule has 0 unspecified atom stereocenters. The number of ether oxygens (including phenoxy) is 1. The predicted octanol–water partition coefficient (Wildman–Crippen LogP) is 5.38. The van der Waals surface area contributed by atoms with Crippen LogP contribution >= 0.6 is 11.3 Å². The number of amides is 1. The van der Waals surface area contributed by atoms with Gasteiger partial charge in [0.15, 0.2) is 5.13 Å². The Balaban J connectivity index is 1.55. The van der Waals surface area contributed by atoms with Crippen molar-refractivity contribution < 1.29 is 13.9 Å². The lowest BCUT2D eigenvalue weighted by Gasteiger charge is -2.20. The molecule has 0 spiro atoms. The van der Waals surface area contributed by atoms with E-state index in [1.54, 1.807) is 11.0 Å². The highest BCUT2D eigenvalue weighted by Gasteiger charge is 2.20. The van der Waals surface area contributed by atoms with Gasteiger partial charge in [0.05, 0.1) is 11.4 Å². The van der Waals surface area contributed by atoms with Gasteiger partial charge in [-0.3, -0.25) is 9.69 Å². The van der Waals surface area contributed by atoms with Gasteiger partial charge in [-0.1, -0.05) is 25.1 Å². The fourth-order valence-corrected chi connectivity index (χ4v) is 4.32. The van der Waals surface area contributed by atoms with E-state index in [1.165, 1.54) is 24.3 Å². The van der Waals surface area contributed by atoms with Crippen LogP contribution in [0.5, 0.6) is 5.75 Å². The third kappa shape index (κ3) is 4.36. The number of aryl methyl sites for hydroxylation is 2. The van der Waals surface area contributed by atoms with Crippen LogP contribution in [0, 0.1) is 6.92 Å². The molecule has 4 aromatic rings. The van der Waals surface area contributed by atoms with Crippen molar-refractivity contribution in [1.82, 2.24) is 4.98 Å². The summed E-state index contributed by atoms with van der Waals surface area (Å²) in [7, 11) is 0. The van der Waals surface area contributed by atoms with E-state index in [9.17, 15) is 9.59 Å². The molecular formula is C24H22N2O4S. The second-order valence-corrected chi connectivity index (χ2v) is 7.99. The van der Waals surface area contributed by atoms with Crippen LogP contribution in [0.1, 0.15) is 30.7 Å². The maximum Gasteiger partial charge on any atom is 0.336 e. The van der Waals surface area contributed by atoms with Gasteiger partial charge in [0, 0.05) is 29.8 Å². The van der Waals surface area contributed by atoms with Gasteiger partial charge >= 0.3 is 5.63 Å². The summed E-state index contributed by atoms with van der Waals surface area (Å²) < 4.78 is 11.1. The molecule has 7 heteroatoms.